The Morgan fingerprint density at radius 1 is 1.00 bits per heavy atom. The maximum atomic E-state index is 12.5. The molecule has 2 amide bonds. The number of carbonyl (C=O) groups is 2. The molecule has 33 heavy (non-hydrogen) atoms. The number of aryl methyl sites for hydroxylation is 1. The largest absolute Gasteiger partial charge is 0.325 e. The Bertz CT molecular complexity index is 1300. The summed E-state index contributed by atoms with van der Waals surface area (Å²) in [6, 6.07) is 21.0. The molecule has 2 N–H and O–H groups in total. The number of amides is 2. The molecule has 1 aromatic heterocycles. The lowest BCUT2D eigenvalue weighted by molar-refractivity contribution is -0.113. The molecule has 0 radical (unpaired) electrons. The molecule has 0 aliphatic heterocycles. The molecule has 4 rings (SSSR count). The van der Waals surface area contributed by atoms with Crippen molar-refractivity contribution in [2.45, 2.75) is 31.0 Å². The van der Waals surface area contributed by atoms with Crippen LogP contribution in [0.3, 0.4) is 0 Å². The lowest BCUT2D eigenvalue weighted by Gasteiger charge is -2.13. The second kappa shape index (κ2) is 10.2. The van der Waals surface area contributed by atoms with Gasteiger partial charge in [-0.15, -0.1) is 11.3 Å². The Hall–Kier alpha value is -3.16. The van der Waals surface area contributed by atoms with Crippen molar-refractivity contribution in [2.75, 3.05) is 16.4 Å². The highest BCUT2D eigenvalue weighted by Crippen LogP contribution is 2.32. The fraction of sp³-hybridized carbons (Fsp3) is 0.192. The second-order valence-corrected chi connectivity index (χ2v) is 10.3. The van der Waals surface area contributed by atoms with Crippen LogP contribution in [0.25, 0.3) is 10.2 Å². The predicted octanol–water partition coefficient (Wildman–Crippen LogP) is 6.71. The van der Waals surface area contributed by atoms with Crippen LogP contribution in [0.4, 0.5) is 11.4 Å². The number of nitrogens with one attached hydrogen (secondary N) is 2. The third-order valence-electron chi connectivity index (χ3n) is 5.12. The number of carbonyl (C=O) groups excluding carboxylic acids is 2. The van der Waals surface area contributed by atoms with E-state index in [0.717, 1.165) is 37.1 Å². The van der Waals surface area contributed by atoms with Crippen molar-refractivity contribution >= 4 is 56.5 Å². The standard InChI is InChI=1S/C26H25N3O2S2/c1-16(2)20-6-4-5-7-21(20)28-24(30)15-32-26-29-22-13-12-19(14-23(22)33-26)27-25(31)18-10-8-17(3)9-11-18/h4-14,16H,15H2,1-3H3,(H,27,31)(H,28,30). The van der Waals surface area contributed by atoms with E-state index in [1.807, 2.05) is 73.7 Å². The average Bonchev–Trinajstić information content (AvgIpc) is 3.20. The summed E-state index contributed by atoms with van der Waals surface area (Å²) in [7, 11) is 0. The molecule has 168 valence electrons. The Kier molecular flexibility index (Phi) is 7.11. The van der Waals surface area contributed by atoms with Crippen LogP contribution in [-0.4, -0.2) is 22.6 Å². The van der Waals surface area contributed by atoms with E-state index in [2.05, 4.69) is 29.5 Å². The predicted molar refractivity (Wildman–Crippen MR) is 139 cm³/mol. The number of hydrogen-bond acceptors (Lipinski definition) is 5. The van der Waals surface area contributed by atoms with Crippen molar-refractivity contribution in [1.29, 1.82) is 0 Å². The zero-order valence-electron chi connectivity index (χ0n) is 18.7. The Balaban J connectivity index is 1.39. The molecule has 4 aromatic rings. The van der Waals surface area contributed by atoms with Crippen molar-refractivity contribution in [1.82, 2.24) is 4.98 Å². The molecule has 0 aliphatic carbocycles. The summed E-state index contributed by atoms with van der Waals surface area (Å²) in [5, 5.41) is 5.96. The monoisotopic (exact) mass is 475 g/mol. The van der Waals surface area contributed by atoms with Gasteiger partial charge in [-0.25, -0.2) is 4.98 Å². The van der Waals surface area contributed by atoms with Crippen LogP contribution in [0.5, 0.6) is 0 Å². The lowest BCUT2D eigenvalue weighted by Crippen LogP contribution is -2.15. The van der Waals surface area contributed by atoms with E-state index < -0.39 is 0 Å². The van der Waals surface area contributed by atoms with Crippen molar-refractivity contribution in [3.63, 3.8) is 0 Å². The summed E-state index contributed by atoms with van der Waals surface area (Å²) < 4.78 is 1.78. The van der Waals surface area contributed by atoms with E-state index in [1.54, 1.807) is 0 Å². The van der Waals surface area contributed by atoms with Crippen molar-refractivity contribution < 1.29 is 9.59 Å². The third kappa shape index (κ3) is 5.80. The highest BCUT2D eigenvalue weighted by atomic mass is 32.2. The topological polar surface area (TPSA) is 71.1 Å². The van der Waals surface area contributed by atoms with Crippen LogP contribution in [0.15, 0.2) is 71.1 Å². The molecule has 0 bridgehead atoms. The van der Waals surface area contributed by atoms with Crippen LogP contribution in [0.2, 0.25) is 0 Å². The highest BCUT2D eigenvalue weighted by Gasteiger charge is 2.12. The van der Waals surface area contributed by atoms with E-state index >= 15 is 0 Å². The third-order valence-corrected chi connectivity index (χ3v) is 7.29. The molecule has 0 fully saturated rings. The molecule has 0 saturated heterocycles. The minimum atomic E-state index is -0.146. The molecule has 0 spiro atoms. The molecule has 0 unspecified atom stereocenters. The van der Waals surface area contributed by atoms with Gasteiger partial charge in [0.2, 0.25) is 5.91 Å². The highest BCUT2D eigenvalue weighted by molar-refractivity contribution is 8.01. The minimum absolute atomic E-state index is 0.0570. The summed E-state index contributed by atoms with van der Waals surface area (Å²) in [6.07, 6.45) is 0. The number of aromatic nitrogens is 1. The average molecular weight is 476 g/mol. The molecule has 3 aromatic carbocycles. The maximum Gasteiger partial charge on any atom is 0.255 e. The van der Waals surface area contributed by atoms with Gasteiger partial charge in [-0.2, -0.15) is 0 Å². The number of thioether (sulfide) groups is 1. The van der Waals surface area contributed by atoms with Crippen molar-refractivity contribution in [3.05, 3.63) is 83.4 Å². The fourth-order valence-electron chi connectivity index (χ4n) is 3.38. The molecular weight excluding hydrogens is 450 g/mol. The Labute approximate surface area is 201 Å². The molecule has 7 heteroatoms. The van der Waals surface area contributed by atoms with Gasteiger partial charge in [-0.3, -0.25) is 9.59 Å². The SMILES string of the molecule is Cc1ccc(C(=O)Nc2ccc3nc(SCC(=O)Nc4ccccc4C(C)C)sc3c2)cc1. The van der Waals surface area contributed by atoms with Gasteiger partial charge in [0.05, 0.1) is 16.0 Å². The zero-order chi connectivity index (χ0) is 23.4. The van der Waals surface area contributed by atoms with E-state index in [9.17, 15) is 9.59 Å². The molecular formula is C26H25N3O2S2. The maximum absolute atomic E-state index is 12.5. The summed E-state index contributed by atoms with van der Waals surface area (Å²) in [5.74, 6) is 0.410. The minimum Gasteiger partial charge on any atom is -0.325 e. The number of fused-ring (bicyclic) bond motifs is 1. The number of thiazole rings is 1. The first-order valence-electron chi connectivity index (χ1n) is 10.7. The van der Waals surface area contributed by atoms with Gasteiger partial charge in [0.15, 0.2) is 4.34 Å². The first kappa shape index (κ1) is 23.0. The number of anilines is 2. The van der Waals surface area contributed by atoms with E-state index in [0.29, 0.717) is 11.5 Å². The normalized spacial score (nSPS) is 11.0. The molecule has 1 heterocycles. The van der Waals surface area contributed by atoms with E-state index in [1.165, 1.54) is 23.1 Å². The molecule has 5 nitrogen and oxygen atoms in total. The van der Waals surface area contributed by atoms with E-state index in [-0.39, 0.29) is 17.6 Å². The summed E-state index contributed by atoms with van der Waals surface area (Å²) in [5.41, 5.74) is 5.27. The van der Waals surface area contributed by atoms with Crippen LogP contribution in [0.1, 0.15) is 41.3 Å². The van der Waals surface area contributed by atoms with Gasteiger partial charge < -0.3 is 10.6 Å². The number of nitrogens with zero attached hydrogens (tertiary/aromatic N) is 1. The number of benzene rings is 3. The van der Waals surface area contributed by atoms with Gasteiger partial charge in [0.25, 0.3) is 5.91 Å². The Morgan fingerprint density at radius 3 is 2.52 bits per heavy atom. The number of hydrogen-bond donors (Lipinski definition) is 2. The van der Waals surface area contributed by atoms with Gasteiger partial charge in [0.1, 0.15) is 0 Å². The van der Waals surface area contributed by atoms with Crippen LogP contribution in [-0.2, 0) is 4.79 Å². The fourth-order valence-corrected chi connectivity index (χ4v) is 5.29. The van der Waals surface area contributed by atoms with Crippen molar-refractivity contribution in [2.24, 2.45) is 0 Å². The zero-order valence-corrected chi connectivity index (χ0v) is 20.3. The molecule has 0 saturated carbocycles. The Morgan fingerprint density at radius 2 is 1.76 bits per heavy atom. The summed E-state index contributed by atoms with van der Waals surface area (Å²) >= 11 is 2.93. The van der Waals surface area contributed by atoms with Gasteiger partial charge >= 0.3 is 0 Å². The van der Waals surface area contributed by atoms with Crippen LogP contribution in [0, 0.1) is 6.92 Å². The summed E-state index contributed by atoms with van der Waals surface area (Å²) in [6.45, 7) is 6.21. The molecule has 0 aliphatic rings. The van der Waals surface area contributed by atoms with E-state index in [4.69, 9.17) is 0 Å². The summed E-state index contributed by atoms with van der Waals surface area (Å²) in [4.78, 5) is 29.6. The van der Waals surface area contributed by atoms with Gasteiger partial charge in [-0.1, -0.05) is 61.5 Å². The van der Waals surface area contributed by atoms with Crippen LogP contribution >= 0.6 is 23.1 Å². The second-order valence-electron chi connectivity index (χ2n) is 8.06. The smallest absolute Gasteiger partial charge is 0.255 e. The molecule has 0 atom stereocenters. The number of rotatable bonds is 7. The quantitative estimate of drug-likeness (QED) is 0.291. The first-order chi connectivity index (χ1) is 15.9. The van der Waals surface area contributed by atoms with Gasteiger partial charge in [0, 0.05) is 16.9 Å². The van der Waals surface area contributed by atoms with Gasteiger partial charge in [-0.05, 0) is 54.8 Å². The van der Waals surface area contributed by atoms with Crippen LogP contribution < -0.4 is 10.6 Å². The first-order valence-corrected chi connectivity index (χ1v) is 12.5. The number of para-hydroxylation sites is 1. The lowest BCUT2D eigenvalue weighted by atomic mass is 10.0. The van der Waals surface area contributed by atoms with Crippen molar-refractivity contribution in [3.8, 4) is 0 Å².